The van der Waals surface area contributed by atoms with Crippen molar-refractivity contribution >= 4 is 16.4 Å². The molecule has 0 unspecified atom stereocenters. The largest absolute Gasteiger partial charge is 0.420 e. The van der Waals surface area contributed by atoms with Gasteiger partial charge in [0.1, 0.15) is 0 Å². The first-order chi connectivity index (χ1) is 5.33. The molecule has 0 heterocycles. The van der Waals surface area contributed by atoms with Gasteiger partial charge in [0.2, 0.25) is 0 Å². The summed E-state index contributed by atoms with van der Waals surface area (Å²) in [6.07, 6.45) is 0. The second kappa shape index (κ2) is 4.58. The maximum absolute atomic E-state index is 5.54. The quantitative estimate of drug-likeness (QED) is 0.622. The zero-order valence-corrected chi connectivity index (χ0v) is 11.5. The van der Waals surface area contributed by atoms with Gasteiger partial charge in [-0.05, 0) is 19.1 Å². The number of hydrogen-bond donors (Lipinski definition) is 0. The highest BCUT2D eigenvalue weighted by Gasteiger charge is 2.26. The van der Waals surface area contributed by atoms with Gasteiger partial charge in [0, 0.05) is 15.2 Å². The molecule has 0 aromatic heterocycles. The summed E-state index contributed by atoms with van der Waals surface area (Å²) in [4.78, 5) is 0. The lowest BCUT2D eigenvalue weighted by molar-refractivity contribution is 0.405. The molecule has 0 amide bonds. The molecular weight excluding hydrogens is 180 g/mol. The first-order valence-corrected chi connectivity index (χ1v) is 11.4. The topological polar surface area (TPSA) is 9.23 Å². The molecule has 0 bridgehead atoms. The average molecular weight is 204 g/mol. The molecule has 0 aliphatic carbocycles. The molecule has 1 nitrogen and oxygen atoms in total. The van der Waals surface area contributed by atoms with Crippen LogP contribution >= 0.6 is 0 Å². The lowest BCUT2D eigenvalue weighted by Crippen LogP contribution is -2.33. The molecule has 3 heteroatoms. The molecular formula is C9H24OSi2. The predicted octanol–water partition coefficient (Wildman–Crippen LogP) is 3.57. The molecule has 0 radical (unpaired) electrons. The van der Waals surface area contributed by atoms with Crippen LogP contribution in [0.1, 0.15) is 6.92 Å². The minimum atomic E-state index is -1.27. The van der Waals surface area contributed by atoms with Crippen LogP contribution in [0.15, 0.2) is 0 Å². The van der Waals surface area contributed by atoms with E-state index in [1.165, 1.54) is 18.1 Å². The molecule has 0 fully saturated rings. The fourth-order valence-electron chi connectivity index (χ4n) is 0.918. The first-order valence-electron chi connectivity index (χ1n) is 4.88. The third-order valence-corrected chi connectivity index (χ3v) is 9.49. The first kappa shape index (κ1) is 12.4. The molecule has 0 rings (SSSR count). The lowest BCUT2D eigenvalue weighted by atomic mass is 10.9. The lowest BCUT2D eigenvalue weighted by Gasteiger charge is -2.26. The number of rotatable bonds is 5. The molecule has 0 saturated heterocycles. The van der Waals surface area contributed by atoms with Crippen LogP contribution in [0.3, 0.4) is 0 Å². The van der Waals surface area contributed by atoms with E-state index >= 15 is 0 Å². The van der Waals surface area contributed by atoms with Gasteiger partial charge >= 0.3 is 0 Å². The third-order valence-electron chi connectivity index (χ3n) is 2.91. The van der Waals surface area contributed by atoms with Gasteiger partial charge < -0.3 is 4.43 Å². The normalized spacial score (nSPS) is 13.5. The van der Waals surface area contributed by atoms with Crippen LogP contribution in [-0.4, -0.2) is 23.5 Å². The van der Waals surface area contributed by atoms with Crippen molar-refractivity contribution in [3.63, 3.8) is 0 Å². The highest BCUT2D eigenvalue weighted by molar-refractivity contribution is 6.80. The van der Waals surface area contributed by atoms with Crippen molar-refractivity contribution in [2.45, 2.75) is 51.2 Å². The highest BCUT2D eigenvalue weighted by atomic mass is 28.4. The summed E-state index contributed by atoms with van der Waals surface area (Å²) in [7, 11) is -0.249. The molecule has 12 heavy (non-hydrogen) atoms. The molecule has 0 N–H and O–H groups in total. The third kappa shape index (κ3) is 5.11. The van der Waals surface area contributed by atoms with E-state index in [4.69, 9.17) is 4.43 Å². The Morgan fingerprint density at radius 3 is 1.83 bits per heavy atom. The fraction of sp³-hybridized carbons (Fsp3) is 1.00. The summed E-state index contributed by atoms with van der Waals surface area (Å²) in [5.41, 5.74) is 0. The summed E-state index contributed by atoms with van der Waals surface area (Å²) >= 11 is 0. The van der Waals surface area contributed by atoms with Crippen LogP contribution in [0.25, 0.3) is 0 Å². The maximum atomic E-state index is 5.54. The van der Waals surface area contributed by atoms with E-state index < -0.39 is 16.4 Å². The molecule has 0 aromatic rings. The van der Waals surface area contributed by atoms with Gasteiger partial charge in [-0.1, -0.05) is 32.1 Å². The second-order valence-electron chi connectivity index (χ2n) is 4.98. The Labute approximate surface area is 79.7 Å². The molecule has 0 aliphatic rings. The van der Waals surface area contributed by atoms with Crippen molar-refractivity contribution in [3.05, 3.63) is 0 Å². The van der Waals surface area contributed by atoms with Crippen molar-refractivity contribution in [2.24, 2.45) is 0 Å². The van der Waals surface area contributed by atoms with Gasteiger partial charge in [-0.3, -0.25) is 0 Å². The van der Waals surface area contributed by atoms with Gasteiger partial charge in [0.05, 0.1) is 0 Å². The Hall–Kier alpha value is 0.394. The van der Waals surface area contributed by atoms with Gasteiger partial charge in [-0.15, -0.1) is 0 Å². The van der Waals surface area contributed by atoms with E-state index in [1.54, 1.807) is 0 Å². The van der Waals surface area contributed by atoms with Crippen molar-refractivity contribution in [1.82, 2.24) is 0 Å². The molecule has 0 aromatic carbocycles. The highest BCUT2D eigenvalue weighted by Crippen LogP contribution is 2.22. The second-order valence-corrected chi connectivity index (χ2v) is 14.9. The Morgan fingerprint density at radius 1 is 1.00 bits per heavy atom. The van der Waals surface area contributed by atoms with Crippen molar-refractivity contribution in [1.29, 1.82) is 0 Å². The van der Waals surface area contributed by atoms with Gasteiger partial charge in [0.25, 0.3) is 0 Å². The van der Waals surface area contributed by atoms with Crippen molar-refractivity contribution < 1.29 is 4.43 Å². The summed E-state index contributed by atoms with van der Waals surface area (Å²) < 4.78 is 5.54. The molecule has 0 aliphatic heterocycles. The van der Waals surface area contributed by atoms with Gasteiger partial charge in [-0.2, -0.15) is 0 Å². The van der Waals surface area contributed by atoms with Crippen LogP contribution < -0.4 is 0 Å². The minimum Gasteiger partial charge on any atom is -0.420 e. The van der Waals surface area contributed by atoms with Gasteiger partial charge in [-0.25, -0.2) is 0 Å². The van der Waals surface area contributed by atoms with Crippen LogP contribution in [0.2, 0.25) is 44.3 Å². The molecule has 0 spiro atoms. The smallest absolute Gasteiger partial charge is 0.185 e. The van der Waals surface area contributed by atoms with E-state index in [0.29, 0.717) is 0 Å². The van der Waals surface area contributed by atoms with Crippen LogP contribution in [-0.2, 0) is 4.43 Å². The Balaban J connectivity index is 3.82. The SMILES string of the molecule is CC[Si](C)(C)CC[Si](C)(C)OC. The van der Waals surface area contributed by atoms with Gasteiger partial charge in [0.15, 0.2) is 8.32 Å². The molecule has 0 atom stereocenters. The van der Waals surface area contributed by atoms with E-state index in [-0.39, 0.29) is 0 Å². The summed E-state index contributed by atoms with van der Waals surface area (Å²) in [5, 5.41) is 0. The van der Waals surface area contributed by atoms with Crippen LogP contribution in [0.5, 0.6) is 0 Å². The van der Waals surface area contributed by atoms with E-state index in [9.17, 15) is 0 Å². The summed E-state index contributed by atoms with van der Waals surface area (Å²) in [6, 6.07) is 4.19. The standard InChI is InChI=1S/C9H24OSi2/c1-7-11(3,4)8-9-12(5,6)10-2/h7-9H2,1-6H3. The summed E-state index contributed by atoms with van der Waals surface area (Å²) in [5.74, 6) is 0. The number of hydrogen-bond acceptors (Lipinski definition) is 1. The fourth-order valence-corrected chi connectivity index (χ4v) is 6.59. The monoisotopic (exact) mass is 204 g/mol. The van der Waals surface area contributed by atoms with Crippen LogP contribution in [0.4, 0.5) is 0 Å². The predicted molar refractivity (Wildman–Crippen MR) is 62.1 cm³/mol. The summed E-state index contributed by atoms with van der Waals surface area (Å²) in [6.45, 7) is 11.9. The Bertz CT molecular complexity index is 116. The average Bonchev–Trinajstić information content (AvgIpc) is 2.02. The van der Waals surface area contributed by atoms with E-state index in [0.717, 1.165) is 0 Å². The van der Waals surface area contributed by atoms with E-state index in [2.05, 4.69) is 33.1 Å². The molecule has 0 saturated carbocycles. The van der Waals surface area contributed by atoms with Crippen molar-refractivity contribution in [2.75, 3.05) is 7.11 Å². The maximum Gasteiger partial charge on any atom is 0.185 e. The zero-order valence-electron chi connectivity index (χ0n) is 9.53. The van der Waals surface area contributed by atoms with Crippen LogP contribution in [0, 0.1) is 0 Å². The zero-order chi connectivity index (χ0) is 9.83. The Morgan fingerprint density at radius 2 is 1.50 bits per heavy atom. The minimum absolute atomic E-state index is 0.849. The Kier molecular flexibility index (Phi) is 4.73. The van der Waals surface area contributed by atoms with E-state index in [1.807, 2.05) is 7.11 Å². The molecule has 74 valence electrons. The van der Waals surface area contributed by atoms with Crippen molar-refractivity contribution in [3.8, 4) is 0 Å².